The molecule has 3 rings (SSSR count). The van der Waals surface area contributed by atoms with Gasteiger partial charge in [0.2, 0.25) is 0 Å². The molecule has 0 aliphatic carbocycles. The molecule has 2 heterocycles. The topological polar surface area (TPSA) is 23.6 Å². The van der Waals surface area contributed by atoms with E-state index in [9.17, 15) is 13.6 Å². The molecule has 114 valence electrons. The number of Topliss-reactive ketones (excluding diaryl/α,β-unsaturated/α-hetero) is 1. The third-order valence-corrected chi connectivity index (χ3v) is 4.65. The van der Waals surface area contributed by atoms with Gasteiger partial charge in [0.1, 0.15) is 11.6 Å². The minimum atomic E-state index is -0.771. The molecule has 0 amide bonds. The first-order valence-corrected chi connectivity index (χ1v) is 7.51. The van der Waals surface area contributed by atoms with Crippen molar-refractivity contribution in [2.75, 3.05) is 26.2 Å². The van der Waals surface area contributed by atoms with Gasteiger partial charge in [-0.3, -0.25) is 14.6 Å². The highest BCUT2D eigenvalue weighted by Crippen LogP contribution is 2.25. The molecule has 0 radical (unpaired) electrons. The van der Waals surface area contributed by atoms with E-state index in [0.29, 0.717) is 6.04 Å². The number of ketones is 1. The molecule has 2 saturated heterocycles. The second-order valence-electron chi connectivity index (χ2n) is 6.09. The van der Waals surface area contributed by atoms with Crippen molar-refractivity contribution in [1.29, 1.82) is 0 Å². The van der Waals surface area contributed by atoms with Crippen LogP contribution < -0.4 is 0 Å². The first-order chi connectivity index (χ1) is 10.1. The Labute approximate surface area is 123 Å². The lowest BCUT2D eigenvalue weighted by atomic mass is 10.0. The van der Waals surface area contributed by atoms with Crippen LogP contribution in [0.15, 0.2) is 18.2 Å². The second kappa shape index (κ2) is 5.81. The molecule has 1 aromatic rings. The molecule has 5 heteroatoms. The van der Waals surface area contributed by atoms with Crippen molar-refractivity contribution >= 4 is 5.78 Å². The Bertz CT molecular complexity index is 529. The zero-order chi connectivity index (χ0) is 15.0. The van der Waals surface area contributed by atoms with Crippen LogP contribution in [-0.4, -0.2) is 53.8 Å². The van der Waals surface area contributed by atoms with E-state index >= 15 is 0 Å². The minimum Gasteiger partial charge on any atom is -0.298 e. The summed E-state index contributed by atoms with van der Waals surface area (Å²) in [7, 11) is 0. The highest BCUT2D eigenvalue weighted by atomic mass is 19.1. The Morgan fingerprint density at radius 3 is 2.71 bits per heavy atom. The number of benzene rings is 1. The van der Waals surface area contributed by atoms with Crippen LogP contribution >= 0.6 is 0 Å². The van der Waals surface area contributed by atoms with Gasteiger partial charge in [0.25, 0.3) is 0 Å². The number of nitrogens with zero attached hydrogens (tertiary/aromatic N) is 2. The average Bonchev–Trinajstić information content (AvgIpc) is 2.86. The van der Waals surface area contributed by atoms with Crippen molar-refractivity contribution in [3.8, 4) is 0 Å². The fraction of sp³-hybridized carbons (Fsp3) is 0.562. The first-order valence-electron chi connectivity index (χ1n) is 7.51. The molecule has 0 saturated carbocycles. The van der Waals surface area contributed by atoms with Gasteiger partial charge in [-0.25, -0.2) is 8.78 Å². The van der Waals surface area contributed by atoms with Gasteiger partial charge in [0, 0.05) is 25.2 Å². The van der Waals surface area contributed by atoms with E-state index in [0.717, 1.165) is 38.2 Å². The maximum Gasteiger partial charge on any atom is 0.182 e. The third-order valence-electron chi connectivity index (χ3n) is 4.65. The molecule has 2 fully saturated rings. The Balaban J connectivity index is 1.72. The number of piperazine rings is 1. The van der Waals surface area contributed by atoms with Gasteiger partial charge in [-0.15, -0.1) is 0 Å². The fourth-order valence-electron chi connectivity index (χ4n) is 3.50. The number of carbonyl (C=O) groups is 1. The number of rotatable bonds is 3. The summed E-state index contributed by atoms with van der Waals surface area (Å²) in [5, 5.41) is 0. The van der Waals surface area contributed by atoms with E-state index in [1.165, 1.54) is 12.5 Å². The monoisotopic (exact) mass is 294 g/mol. The van der Waals surface area contributed by atoms with Crippen LogP contribution in [0.5, 0.6) is 0 Å². The highest BCUT2D eigenvalue weighted by Gasteiger charge is 2.35. The van der Waals surface area contributed by atoms with Gasteiger partial charge in [-0.05, 0) is 38.4 Å². The Morgan fingerprint density at radius 1 is 1.29 bits per heavy atom. The van der Waals surface area contributed by atoms with Crippen molar-refractivity contribution < 1.29 is 13.6 Å². The SMILES string of the molecule is CC1CN2CCCC2CN1CC(=O)c1c(F)cccc1F. The van der Waals surface area contributed by atoms with Crippen molar-refractivity contribution in [2.24, 2.45) is 0 Å². The Morgan fingerprint density at radius 2 is 2.00 bits per heavy atom. The first kappa shape index (κ1) is 14.6. The summed E-state index contributed by atoms with van der Waals surface area (Å²) in [6, 6.07) is 4.27. The zero-order valence-electron chi connectivity index (χ0n) is 12.2. The van der Waals surface area contributed by atoms with Crippen molar-refractivity contribution in [3.63, 3.8) is 0 Å². The van der Waals surface area contributed by atoms with E-state index in [1.807, 2.05) is 0 Å². The van der Waals surface area contributed by atoms with Gasteiger partial charge in [0.05, 0.1) is 12.1 Å². The summed E-state index contributed by atoms with van der Waals surface area (Å²) < 4.78 is 27.4. The fourth-order valence-corrected chi connectivity index (χ4v) is 3.50. The van der Waals surface area contributed by atoms with Crippen LogP contribution in [0.1, 0.15) is 30.1 Å². The second-order valence-corrected chi connectivity index (χ2v) is 6.09. The predicted octanol–water partition coefficient (Wildman–Crippen LogP) is 2.32. The van der Waals surface area contributed by atoms with E-state index in [2.05, 4.69) is 16.7 Å². The van der Waals surface area contributed by atoms with Gasteiger partial charge >= 0.3 is 0 Å². The summed E-state index contributed by atoms with van der Waals surface area (Å²) in [5.74, 6) is -2.01. The van der Waals surface area contributed by atoms with Gasteiger partial charge < -0.3 is 0 Å². The standard InChI is InChI=1S/C16H20F2N2O/c1-11-8-19-7-3-4-12(19)9-20(11)10-15(21)16-13(17)5-2-6-14(16)18/h2,5-6,11-12H,3-4,7-10H2,1H3. The quantitative estimate of drug-likeness (QED) is 0.799. The van der Waals surface area contributed by atoms with Crippen LogP contribution in [0, 0.1) is 11.6 Å². The van der Waals surface area contributed by atoms with E-state index in [4.69, 9.17) is 0 Å². The van der Waals surface area contributed by atoms with Crippen molar-refractivity contribution in [2.45, 2.75) is 31.8 Å². The lowest BCUT2D eigenvalue weighted by Crippen LogP contribution is -2.56. The van der Waals surface area contributed by atoms with Gasteiger partial charge in [0.15, 0.2) is 5.78 Å². The van der Waals surface area contributed by atoms with Crippen LogP contribution in [0.3, 0.4) is 0 Å². The summed E-state index contributed by atoms with van der Waals surface area (Å²) in [6.45, 7) is 5.02. The molecule has 2 aliphatic heterocycles. The van der Waals surface area contributed by atoms with Gasteiger partial charge in [-0.1, -0.05) is 6.07 Å². The maximum absolute atomic E-state index is 13.7. The molecule has 2 unspecified atom stereocenters. The molecule has 1 aromatic carbocycles. The third kappa shape index (κ3) is 2.85. The smallest absolute Gasteiger partial charge is 0.182 e. The lowest BCUT2D eigenvalue weighted by Gasteiger charge is -2.42. The Kier molecular flexibility index (Phi) is 4.04. The molecule has 0 aromatic heterocycles. The molecule has 2 aliphatic rings. The van der Waals surface area contributed by atoms with E-state index in [1.54, 1.807) is 0 Å². The largest absolute Gasteiger partial charge is 0.298 e. The van der Waals surface area contributed by atoms with E-state index in [-0.39, 0.29) is 12.6 Å². The summed E-state index contributed by atoms with van der Waals surface area (Å²) in [4.78, 5) is 16.8. The molecular formula is C16H20F2N2O. The Hall–Kier alpha value is -1.33. The van der Waals surface area contributed by atoms with Crippen LogP contribution in [-0.2, 0) is 0 Å². The molecule has 2 atom stereocenters. The molecule has 0 N–H and O–H groups in total. The number of hydrogen-bond acceptors (Lipinski definition) is 3. The van der Waals surface area contributed by atoms with Crippen molar-refractivity contribution in [1.82, 2.24) is 9.80 Å². The predicted molar refractivity (Wildman–Crippen MR) is 76.3 cm³/mol. The summed E-state index contributed by atoms with van der Waals surface area (Å²) in [6.07, 6.45) is 2.34. The molecule has 3 nitrogen and oxygen atoms in total. The van der Waals surface area contributed by atoms with Crippen LogP contribution in [0.4, 0.5) is 8.78 Å². The van der Waals surface area contributed by atoms with E-state index < -0.39 is 23.0 Å². The molecular weight excluding hydrogens is 274 g/mol. The van der Waals surface area contributed by atoms with Crippen LogP contribution in [0.2, 0.25) is 0 Å². The number of halogens is 2. The maximum atomic E-state index is 13.7. The summed E-state index contributed by atoms with van der Waals surface area (Å²) >= 11 is 0. The normalized spacial score (nSPS) is 26.8. The van der Waals surface area contributed by atoms with Crippen molar-refractivity contribution in [3.05, 3.63) is 35.4 Å². The number of carbonyl (C=O) groups excluding carboxylic acids is 1. The van der Waals surface area contributed by atoms with Crippen LogP contribution in [0.25, 0.3) is 0 Å². The zero-order valence-corrected chi connectivity index (χ0v) is 12.2. The molecule has 21 heavy (non-hydrogen) atoms. The average molecular weight is 294 g/mol. The number of hydrogen-bond donors (Lipinski definition) is 0. The lowest BCUT2D eigenvalue weighted by molar-refractivity contribution is 0.0531. The summed E-state index contributed by atoms with van der Waals surface area (Å²) in [5.41, 5.74) is -0.404. The highest BCUT2D eigenvalue weighted by molar-refractivity contribution is 5.98. The van der Waals surface area contributed by atoms with Gasteiger partial charge in [-0.2, -0.15) is 0 Å². The molecule has 0 bridgehead atoms. The minimum absolute atomic E-state index is 0.0867. The molecule has 0 spiro atoms. The number of fused-ring (bicyclic) bond motifs is 1.